The van der Waals surface area contributed by atoms with Crippen LogP contribution in [-0.2, 0) is 0 Å². The minimum atomic E-state index is -0.367. The molecule has 0 bridgehead atoms. The Balaban J connectivity index is 2.04. The van der Waals surface area contributed by atoms with Crippen molar-refractivity contribution in [2.45, 2.75) is 25.2 Å². The molecule has 100 valence electrons. The molecular weight excluding hydrogens is 251 g/mol. The molecule has 1 heterocycles. The lowest BCUT2D eigenvalue weighted by Gasteiger charge is -2.30. The number of hydrogen-bond acceptors (Lipinski definition) is 2. The first-order valence-electron chi connectivity index (χ1n) is 6.58. The number of likely N-dealkylation sites (tertiary alicyclic amines) is 1. The standard InChI is InChI=1S/C14H20ClFN2/c15-13-8-11(4-5-14(13)16)12(9-17)10-18-6-2-1-3-7-18/h4-5,8,12H,1-3,6-7,9-10,17H2. The van der Waals surface area contributed by atoms with Crippen molar-refractivity contribution in [3.05, 3.63) is 34.6 Å². The van der Waals surface area contributed by atoms with Crippen LogP contribution in [0.2, 0.25) is 5.02 Å². The van der Waals surface area contributed by atoms with Gasteiger partial charge in [-0.05, 0) is 43.6 Å². The lowest BCUT2D eigenvalue weighted by molar-refractivity contribution is 0.216. The van der Waals surface area contributed by atoms with Crippen molar-refractivity contribution in [3.8, 4) is 0 Å². The zero-order valence-electron chi connectivity index (χ0n) is 10.5. The van der Waals surface area contributed by atoms with Gasteiger partial charge in [-0.15, -0.1) is 0 Å². The molecule has 1 aliphatic rings. The molecule has 2 rings (SSSR count). The zero-order valence-corrected chi connectivity index (χ0v) is 11.3. The summed E-state index contributed by atoms with van der Waals surface area (Å²) in [5, 5.41) is 0.185. The van der Waals surface area contributed by atoms with E-state index in [0.29, 0.717) is 6.54 Å². The van der Waals surface area contributed by atoms with Crippen molar-refractivity contribution in [2.75, 3.05) is 26.2 Å². The van der Waals surface area contributed by atoms with Gasteiger partial charge in [0, 0.05) is 19.0 Å². The Kier molecular flexibility index (Phi) is 4.98. The molecule has 1 aliphatic heterocycles. The molecule has 1 saturated heterocycles. The van der Waals surface area contributed by atoms with Crippen LogP contribution >= 0.6 is 11.6 Å². The average Bonchev–Trinajstić information content (AvgIpc) is 2.40. The number of piperidine rings is 1. The molecule has 1 unspecified atom stereocenters. The van der Waals surface area contributed by atoms with Crippen LogP contribution in [0.15, 0.2) is 18.2 Å². The van der Waals surface area contributed by atoms with Crippen molar-refractivity contribution in [3.63, 3.8) is 0 Å². The first-order chi connectivity index (χ1) is 8.70. The third-order valence-electron chi connectivity index (χ3n) is 3.63. The molecule has 1 atom stereocenters. The number of benzene rings is 1. The van der Waals surface area contributed by atoms with Crippen LogP contribution in [0.25, 0.3) is 0 Å². The van der Waals surface area contributed by atoms with Crippen LogP contribution in [0.3, 0.4) is 0 Å². The molecule has 0 spiro atoms. The lowest BCUT2D eigenvalue weighted by atomic mass is 9.97. The zero-order chi connectivity index (χ0) is 13.0. The molecule has 0 amide bonds. The minimum absolute atomic E-state index is 0.185. The van der Waals surface area contributed by atoms with Gasteiger partial charge in [0.05, 0.1) is 5.02 Å². The summed E-state index contributed by atoms with van der Waals surface area (Å²) in [5.41, 5.74) is 6.88. The molecule has 4 heteroatoms. The van der Waals surface area contributed by atoms with E-state index in [1.54, 1.807) is 12.1 Å². The Morgan fingerprint density at radius 1 is 1.28 bits per heavy atom. The molecule has 0 radical (unpaired) electrons. The second kappa shape index (κ2) is 6.50. The predicted octanol–water partition coefficient (Wildman–Crippen LogP) is 3.01. The normalized spacial score (nSPS) is 18.8. The van der Waals surface area contributed by atoms with E-state index >= 15 is 0 Å². The van der Waals surface area contributed by atoms with E-state index in [9.17, 15) is 4.39 Å². The maximum Gasteiger partial charge on any atom is 0.141 e. The molecule has 18 heavy (non-hydrogen) atoms. The molecule has 1 aromatic rings. The van der Waals surface area contributed by atoms with Gasteiger partial charge in [-0.25, -0.2) is 4.39 Å². The Morgan fingerprint density at radius 3 is 2.61 bits per heavy atom. The maximum atomic E-state index is 13.2. The second-order valence-corrected chi connectivity index (χ2v) is 5.37. The largest absolute Gasteiger partial charge is 0.330 e. The van der Waals surface area contributed by atoms with Crippen molar-refractivity contribution in [2.24, 2.45) is 5.73 Å². The van der Waals surface area contributed by atoms with Crippen LogP contribution < -0.4 is 5.73 Å². The van der Waals surface area contributed by atoms with E-state index in [4.69, 9.17) is 17.3 Å². The van der Waals surface area contributed by atoms with Crippen molar-refractivity contribution in [1.29, 1.82) is 0 Å². The number of halogens is 2. The first kappa shape index (κ1) is 13.8. The van der Waals surface area contributed by atoms with Gasteiger partial charge in [0.1, 0.15) is 5.82 Å². The summed E-state index contributed by atoms with van der Waals surface area (Å²) in [5.74, 6) is -0.129. The van der Waals surface area contributed by atoms with Gasteiger partial charge in [-0.3, -0.25) is 0 Å². The third kappa shape index (κ3) is 3.44. The molecule has 1 fully saturated rings. The molecule has 2 nitrogen and oxygen atoms in total. The molecule has 2 N–H and O–H groups in total. The van der Waals surface area contributed by atoms with Crippen molar-refractivity contribution < 1.29 is 4.39 Å². The smallest absolute Gasteiger partial charge is 0.141 e. The Labute approximate surface area is 113 Å². The Hall–Kier alpha value is -0.640. The van der Waals surface area contributed by atoms with E-state index in [1.165, 1.54) is 25.3 Å². The number of nitrogens with two attached hydrogens (primary N) is 1. The highest BCUT2D eigenvalue weighted by Gasteiger charge is 2.17. The molecule has 1 aromatic carbocycles. The van der Waals surface area contributed by atoms with Crippen LogP contribution in [0, 0.1) is 5.82 Å². The molecule has 0 aromatic heterocycles. The fourth-order valence-corrected chi connectivity index (χ4v) is 2.72. The third-order valence-corrected chi connectivity index (χ3v) is 3.92. The topological polar surface area (TPSA) is 29.3 Å². The van der Waals surface area contributed by atoms with E-state index in [1.807, 2.05) is 0 Å². The summed E-state index contributed by atoms with van der Waals surface area (Å²) < 4.78 is 13.2. The van der Waals surface area contributed by atoms with Gasteiger partial charge in [-0.1, -0.05) is 24.1 Å². The monoisotopic (exact) mass is 270 g/mol. The van der Waals surface area contributed by atoms with Crippen molar-refractivity contribution in [1.82, 2.24) is 4.90 Å². The predicted molar refractivity (Wildman–Crippen MR) is 73.5 cm³/mol. The highest BCUT2D eigenvalue weighted by Crippen LogP contribution is 2.23. The second-order valence-electron chi connectivity index (χ2n) is 4.97. The van der Waals surface area contributed by atoms with Crippen molar-refractivity contribution >= 4 is 11.6 Å². The summed E-state index contributed by atoms with van der Waals surface area (Å²) in [7, 11) is 0. The quantitative estimate of drug-likeness (QED) is 0.911. The van der Waals surface area contributed by atoms with Crippen LogP contribution in [0.5, 0.6) is 0 Å². The first-order valence-corrected chi connectivity index (χ1v) is 6.96. The van der Waals surface area contributed by atoms with Crippen LogP contribution in [-0.4, -0.2) is 31.1 Å². The minimum Gasteiger partial charge on any atom is -0.330 e. The van der Waals surface area contributed by atoms with Gasteiger partial charge in [0.15, 0.2) is 0 Å². The Bertz CT molecular complexity index is 391. The highest BCUT2D eigenvalue weighted by molar-refractivity contribution is 6.30. The lowest BCUT2D eigenvalue weighted by Crippen LogP contribution is -2.35. The SMILES string of the molecule is NCC(CN1CCCCC1)c1ccc(F)c(Cl)c1. The highest BCUT2D eigenvalue weighted by atomic mass is 35.5. The van der Waals surface area contributed by atoms with Gasteiger partial charge in [0.2, 0.25) is 0 Å². The molecule has 0 aliphatic carbocycles. The van der Waals surface area contributed by atoms with Gasteiger partial charge >= 0.3 is 0 Å². The van der Waals surface area contributed by atoms with E-state index in [-0.39, 0.29) is 16.8 Å². The number of nitrogens with zero attached hydrogens (tertiary/aromatic N) is 1. The van der Waals surface area contributed by atoms with Gasteiger partial charge in [0.25, 0.3) is 0 Å². The number of rotatable bonds is 4. The average molecular weight is 271 g/mol. The molecule has 0 saturated carbocycles. The molecular formula is C14H20ClFN2. The fourth-order valence-electron chi connectivity index (χ4n) is 2.54. The van der Waals surface area contributed by atoms with E-state index in [2.05, 4.69) is 4.90 Å². The van der Waals surface area contributed by atoms with Gasteiger partial charge < -0.3 is 10.6 Å². The summed E-state index contributed by atoms with van der Waals surface area (Å²) in [4.78, 5) is 2.44. The summed E-state index contributed by atoms with van der Waals surface area (Å²) >= 11 is 5.83. The van der Waals surface area contributed by atoms with E-state index < -0.39 is 0 Å². The maximum absolute atomic E-state index is 13.2. The summed E-state index contributed by atoms with van der Waals surface area (Å²) in [6.07, 6.45) is 3.86. The van der Waals surface area contributed by atoms with Gasteiger partial charge in [-0.2, -0.15) is 0 Å². The van der Waals surface area contributed by atoms with Crippen LogP contribution in [0.1, 0.15) is 30.7 Å². The summed E-state index contributed by atoms with van der Waals surface area (Å²) in [6.45, 7) is 3.80. The number of hydrogen-bond donors (Lipinski definition) is 1. The Morgan fingerprint density at radius 2 is 2.00 bits per heavy atom. The fraction of sp³-hybridized carbons (Fsp3) is 0.571. The summed E-state index contributed by atoms with van der Waals surface area (Å²) in [6, 6.07) is 4.93. The van der Waals surface area contributed by atoms with E-state index in [0.717, 1.165) is 25.2 Å². The van der Waals surface area contributed by atoms with Crippen LogP contribution in [0.4, 0.5) is 4.39 Å².